The van der Waals surface area contributed by atoms with Gasteiger partial charge in [0, 0.05) is 23.5 Å². The molecule has 84 valence electrons. The lowest BCUT2D eigenvalue weighted by Crippen LogP contribution is -2.29. The van der Waals surface area contributed by atoms with Crippen LogP contribution in [0.3, 0.4) is 0 Å². The Bertz CT molecular complexity index is 428. The first-order valence-electron chi connectivity index (χ1n) is 6.22. The summed E-state index contributed by atoms with van der Waals surface area (Å²) in [6.45, 7) is 2.06. The highest BCUT2D eigenvalue weighted by Gasteiger charge is 2.47. The number of Topliss-reactive ketones (excluding diaryl/α,β-unsaturated/α-hetero) is 2. The molecule has 0 radical (unpaired) electrons. The maximum atomic E-state index is 12.2. The van der Waals surface area contributed by atoms with Gasteiger partial charge >= 0.3 is 0 Å². The summed E-state index contributed by atoms with van der Waals surface area (Å²) >= 11 is 0. The van der Waals surface area contributed by atoms with Gasteiger partial charge in [0.25, 0.3) is 0 Å². The van der Waals surface area contributed by atoms with Crippen molar-refractivity contribution in [2.45, 2.75) is 32.6 Å². The molecule has 0 saturated heterocycles. The molecule has 2 unspecified atom stereocenters. The molecule has 0 aromatic heterocycles. The fourth-order valence-electron chi connectivity index (χ4n) is 3.07. The lowest BCUT2D eigenvalue weighted by atomic mass is 9.76. The van der Waals surface area contributed by atoms with Crippen LogP contribution in [-0.4, -0.2) is 11.6 Å². The van der Waals surface area contributed by atoms with Crippen LogP contribution in [0.2, 0.25) is 0 Å². The predicted molar refractivity (Wildman–Crippen MR) is 60.8 cm³/mol. The predicted octanol–water partition coefficient (Wildman–Crippen LogP) is 2.45. The van der Waals surface area contributed by atoms with Crippen LogP contribution in [0.25, 0.3) is 0 Å². The van der Waals surface area contributed by atoms with E-state index >= 15 is 0 Å². The van der Waals surface area contributed by atoms with Gasteiger partial charge in [-0.2, -0.15) is 0 Å². The number of rotatable bonds is 2. The topological polar surface area (TPSA) is 34.1 Å². The van der Waals surface area contributed by atoms with Crippen LogP contribution < -0.4 is 0 Å². The minimum Gasteiger partial charge on any atom is -0.294 e. The van der Waals surface area contributed by atoms with Crippen molar-refractivity contribution in [3.8, 4) is 0 Å². The molecule has 2 nitrogen and oxygen atoms in total. The molecule has 0 amide bonds. The van der Waals surface area contributed by atoms with Crippen LogP contribution in [0.4, 0.5) is 0 Å². The first-order valence-corrected chi connectivity index (χ1v) is 6.22. The standard InChI is InChI=1S/C14H16O2/c1-2-3-9-7-12(15)13-10(14(9)16)5-4-8-6-11(8)13/h4-5,8-9,11H,2-3,6-7H2,1H3/t8?,9-,11?/m0/s1. The van der Waals surface area contributed by atoms with Crippen LogP contribution in [0.15, 0.2) is 23.3 Å². The van der Waals surface area contributed by atoms with Gasteiger partial charge in [-0.05, 0) is 24.7 Å². The number of ketones is 2. The van der Waals surface area contributed by atoms with Crippen molar-refractivity contribution in [1.29, 1.82) is 0 Å². The summed E-state index contributed by atoms with van der Waals surface area (Å²) in [6, 6.07) is 0. The zero-order valence-corrected chi connectivity index (χ0v) is 9.53. The molecular formula is C14H16O2. The largest absolute Gasteiger partial charge is 0.294 e. The van der Waals surface area contributed by atoms with Crippen molar-refractivity contribution in [3.05, 3.63) is 23.3 Å². The third-order valence-corrected chi connectivity index (χ3v) is 4.02. The van der Waals surface area contributed by atoms with E-state index < -0.39 is 0 Å². The van der Waals surface area contributed by atoms with Crippen molar-refractivity contribution in [2.24, 2.45) is 17.8 Å². The summed E-state index contributed by atoms with van der Waals surface area (Å²) < 4.78 is 0. The normalized spacial score (nSPS) is 36.2. The highest BCUT2D eigenvalue weighted by atomic mass is 16.1. The Hall–Kier alpha value is -1.18. The van der Waals surface area contributed by atoms with Gasteiger partial charge in [0.05, 0.1) is 0 Å². The van der Waals surface area contributed by atoms with Crippen LogP contribution in [0.5, 0.6) is 0 Å². The molecule has 0 spiro atoms. The van der Waals surface area contributed by atoms with Gasteiger partial charge in [-0.1, -0.05) is 25.5 Å². The summed E-state index contributed by atoms with van der Waals surface area (Å²) in [5, 5.41) is 0. The first kappa shape index (κ1) is 10.0. The van der Waals surface area contributed by atoms with Gasteiger partial charge in [-0.3, -0.25) is 9.59 Å². The molecule has 3 aliphatic rings. The highest BCUT2D eigenvalue weighted by molar-refractivity contribution is 6.15. The minimum atomic E-state index is -0.0452. The van der Waals surface area contributed by atoms with E-state index in [-0.39, 0.29) is 17.5 Å². The third kappa shape index (κ3) is 1.32. The van der Waals surface area contributed by atoms with E-state index in [1.807, 2.05) is 6.08 Å². The quantitative estimate of drug-likeness (QED) is 0.710. The van der Waals surface area contributed by atoms with Crippen molar-refractivity contribution in [2.75, 3.05) is 0 Å². The van der Waals surface area contributed by atoms with Gasteiger partial charge in [0.1, 0.15) is 0 Å². The number of allylic oxidation sites excluding steroid dienone is 4. The van der Waals surface area contributed by atoms with Gasteiger partial charge in [0.15, 0.2) is 11.6 Å². The second-order valence-corrected chi connectivity index (χ2v) is 5.17. The Kier molecular flexibility index (Phi) is 2.13. The number of fused-ring (bicyclic) bond motifs is 2. The average molecular weight is 216 g/mol. The molecule has 1 fully saturated rings. The number of carbonyl (C=O) groups is 2. The van der Waals surface area contributed by atoms with Crippen molar-refractivity contribution in [1.82, 2.24) is 0 Å². The first-order chi connectivity index (χ1) is 7.72. The van der Waals surface area contributed by atoms with E-state index in [0.29, 0.717) is 18.3 Å². The minimum absolute atomic E-state index is 0.0452. The van der Waals surface area contributed by atoms with Crippen LogP contribution in [0, 0.1) is 17.8 Å². The van der Waals surface area contributed by atoms with E-state index in [1.54, 1.807) is 0 Å². The van der Waals surface area contributed by atoms with Crippen molar-refractivity contribution < 1.29 is 9.59 Å². The number of hydrogen-bond acceptors (Lipinski definition) is 2. The summed E-state index contributed by atoms with van der Waals surface area (Å²) in [4.78, 5) is 24.3. The molecule has 0 N–H and O–H groups in total. The Morgan fingerprint density at radius 1 is 1.38 bits per heavy atom. The molecular weight excluding hydrogens is 200 g/mol. The van der Waals surface area contributed by atoms with Crippen LogP contribution in [0.1, 0.15) is 32.6 Å². The van der Waals surface area contributed by atoms with E-state index in [1.165, 1.54) is 0 Å². The summed E-state index contributed by atoms with van der Waals surface area (Å²) in [7, 11) is 0. The molecule has 3 atom stereocenters. The Labute approximate surface area is 95.4 Å². The zero-order chi connectivity index (χ0) is 11.3. The zero-order valence-electron chi connectivity index (χ0n) is 9.53. The molecule has 16 heavy (non-hydrogen) atoms. The summed E-state index contributed by atoms with van der Waals surface area (Å²) in [6.07, 6.45) is 7.38. The molecule has 0 aliphatic heterocycles. The molecule has 0 heterocycles. The number of carbonyl (C=O) groups excluding carboxylic acids is 2. The monoisotopic (exact) mass is 216 g/mol. The highest BCUT2D eigenvalue weighted by Crippen LogP contribution is 2.51. The fraction of sp³-hybridized carbons (Fsp3) is 0.571. The second-order valence-electron chi connectivity index (χ2n) is 5.17. The maximum absolute atomic E-state index is 12.2. The SMILES string of the molecule is CCC[C@H]1CC(=O)C2=C(C=CC3CC23)C1=O. The molecule has 3 aliphatic carbocycles. The Morgan fingerprint density at radius 3 is 2.94 bits per heavy atom. The van der Waals surface area contributed by atoms with E-state index in [2.05, 4.69) is 13.0 Å². The molecule has 2 heteroatoms. The average Bonchev–Trinajstić information content (AvgIpc) is 3.03. The fourth-order valence-corrected chi connectivity index (χ4v) is 3.07. The molecule has 0 aromatic rings. The van der Waals surface area contributed by atoms with Crippen molar-refractivity contribution in [3.63, 3.8) is 0 Å². The van der Waals surface area contributed by atoms with Gasteiger partial charge in [-0.25, -0.2) is 0 Å². The summed E-state index contributed by atoms with van der Waals surface area (Å²) in [5.74, 6) is 1.36. The molecule has 1 saturated carbocycles. The second kappa shape index (κ2) is 3.41. The molecule has 0 aromatic carbocycles. The lowest BCUT2D eigenvalue weighted by molar-refractivity contribution is -0.126. The van der Waals surface area contributed by atoms with Gasteiger partial charge in [0.2, 0.25) is 0 Å². The third-order valence-electron chi connectivity index (χ3n) is 4.02. The molecule has 3 rings (SSSR count). The smallest absolute Gasteiger partial charge is 0.166 e. The van der Waals surface area contributed by atoms with E-state index in [0.717, 1.165) is 30.4 Å². The molecule has 0 bridgehead atoms. The van der Waals surface area contributed by atoms with Gasteiger partial charge < -0.3 is 0 Å². The Morgan fingerprint density at radius 2 is 2.19 bits per heavy atom. The van der Waals surface area contributed by atoms with Crippen LogP contribution in [-0.2, 0) is 9.59 Å². The maximum Gasteiger partial charge on any atom is 0.166 e. The Balaban J connectivity index is 1.97. The summed E-state index contributed by atoms with van der Waals surface area (Å²) in [5.41, 5.74) is 1.61. The van der Waals surface area contributed by atoms with Gasteiger partial charge in [-0.15, -0.1) is 0 Å². The van der Waals surface area contributed by atoms with Crippen molar-refractivity contribution >= 4 is 11.6 Å². The van der Waals surface area contributed by atoms with E-state index in [9.17, 15) is 9.59 Å². The number of hydrogen-bond donors (Lipinski definition) is 0. The van der Waals surface area contributed by atoms with Crippen LogP contribution >= 0.6 is 0 Å². The van der Waals surface area contributed by atoms with E-state index in [4.69, 9.17) is 0 Å². The lowest BCUT2D eigenvalue weighted by Gasteiger charge is -2.25.